The SMILES string of the molecule is Cc1cc(C(C)(C)C)c(NCCCc2ccccc2O)c(C(C)(C)C)c1. The molecule has 2 nitrogen and oxygen atoms in total. The Hall–Kier alpha value is -1.96. The quantitative estimate of drug-likeness (QED) is 0.615. The third-order valence-electron chi connectivity index (χ3n) is 4.82. The molecule has 2 aromatic carbocycles. The molecule has 0 atom stereocenters. The van der Waals surface area contributed by atoms with E-state index in [2.05, 4.69) is 65.9 Å². The summed E-state index contributed by atoms with van der Waals surface area (Å²) in [6.07, 6.45) is 1.86. The second-order valence-electron chi connectivity index (χ2n) is 9.39. The number of anilines is 1. The van der Waals surface area contributed by atoms with Crippen molar-refractivity contribution in [2.45, 2.75) is 72.1 Å². The molecule has 2 N–H and O–H groups in total. The number of nitrogens with one attached hydrogen (secondary N) is 1. The molecule has 2 heteroatoms. The van der Waals surface area contributed by atoms with Crippen molar-refractivity contribution < 1.29 is 5.11 Å². The van der Waals surface area contributed by atoms with Crippen LogP contribution in [0.25, 0.3) is 0 Å². The van der Waals surface area contributed by atoms with Crippen molar-refractivity contribution in [3.8, 4) is 5.75 Å². The zero-order chi connectivity index (χ0) is 19.5. The van der Waals surface area contributed by atoms with Gasteiger partial charge in [0.25, 0.3) is 0 Å². The lowest BCUT2D eigenvalue weighted by molar-refractivity contribution is 0.467. The smallest absolute Gasteiger partial charge is 0.118 e. The van der Waals surface area contributed by atoms with E-state index >= 15 is 0 Å². The van der Waals surface area contributed by atoms with Crippen LogP contribution in [0.15, 0.2) is 36.4 Å². The molecular formula is C24H35NO. The van der Waals surface area contributed by atoms with Gasteiger partial charge in [-0.25, -0.2) is 0 Å². The van der Waals surface area contributed by atoms with Gasteiger partial charge >= 0.3 is 0 Å². The lowest BCUT2D eigenvalue weighted by Gasteiger charge is -2.31. The van der Waals surface area contributed by atoms with Crippen LogP contribution < -0.4 is 5.32 Å². The van der Waals surface area contributed by atoms with E-state index in [0.717, 1.165) is 24.9 Å². The molecule has 0 bridgehead atoms. The number of hydrogen-bond acceptors (Lipinski definition) is 2. The Kier molecular flexibility index (Phi) is 6.05. The summed E-state index contributed by atoms with van der Waals surface area (Å²) in [7, 11) is 0. The maximum Gasteiger partial charge on any atom is 0.118 e. The molecular weight excluding hydrogens is 318 g/mol. The minimum Gasteiger partial charge on any atom is -0.508 e. The Balaban J connectivity index is 2.23. The number of aromatic hydroxyl groups is 1. The fraction of sp³-hybridized carbons (Fsp3) is 0.500. The number of hydrogen-bond donors (Lipinski definition) is 2. The van der Waals surface area contributed by atoms with E-state index in [1.165, 1.54) is 22.4 Å². The molecule has 0 fully saturated rings. The lowest BCUT2D eigenvalue weighted by atomic mass is 9.77. The molecule has 2 rings (SSSR count). The van der Waals surface area contributed by atoms with E-state index in [1.54, 1.807) is 6.07 Å². The maximum absolute atomic E-state index is 9.94. The van der Waals surface area contributed by atoms with Gasteiger partial charge in [0.2, 0.25) is 0 Å². The van der Waals surface area contributed by atoms with Gasteiger partial charge in [-0.1, -0.05) is 77.4 Å². The Morgan fingerprint density at radius 3 is 1.92 bits per heavy atom. The summed E-state index contributed by atoms with van der Waals surface area (Å²) in [4.78, 5) is 0. The highest BCUT2D eigenvalue weighted by atomic mass is 16.3. The molecule has 0 aliphatic heterocycles. The van der Waals surface area contributed by atoms with Gasteiger partial charge in [-0.05, 0) is 53.4 Å². The summed E-state index contributed by atoms with van der Waals surface area (Å²) in [5, 5.41) is 13.7. The van der Waals surface area contributed by atoms with E-state index in [0.29, 0.717) is 5.75 Å². The molecule has 0 heterocycles. The predicted octanol–water partition coefficient (Wildman–Crippen LogP) is 6.34. The molecule has 0 radical (unpaired) electrons. The van der Waals surface area contributed by atoms with Crippen LogP contribution in [0.5, 0.6) is 5.75 Å². The van der Waals surface area contributed by atoms with Crippen LogP contribution in [-0.2, 0) is 17.3 Å². The summed E-state index contributed by atoms with van der Waals surface area (Å²) in [6, 6.07) is 12.3. The molecule has 0 unspecified atom stereocenters. The van der Waals surface area contributed by atoms with Crippen LogP contribution >= 0.6 is 0 Å². The van der Waals surface area contributed by atoms with Gasteiger partial charge in [-0.2, -0.15) is 0 Å². The predicted molar refractivity (Wildman–Crippen MR) is 113 cm³/mol. The molecule has 0 aliphatic carbocycles. The number of aryl methyl sites for hydroxylation is 2. The first-order valence-electron chi connectivity index (χ1n) is 9.66. The van der Waals surface area contributed by atoms with Crippen LogP contribution in [0.4, 0.5) is 5.69 Å². The fourth-order valence-electron chi connectivity index (χ4n) is 3.37. The number of benzene rings is 2. The summed E-state index contributed by atoms with van der Waals surface area (Å²) in [5.74, 6) is 0.397. The minimum absolute atomic E-state index is 0.0893. The second kappa shape index (κ2) is 7.73. The zero-order valence-electron chi connectivity index (χ0n) is 17.5. The fourth-order valence-corrected chi connectivity index (χ4v) is 3.37. The summed E-state index contributed by atoms with van der Waals surface area (Å²) < 4.78 is 0. The molecule has 0 aliphatic rings. The third kappa shape index (κ3) is 5.03. The van der Waals surface area contributed by atoms with E-state index in [-0.39, 0.29) is 10.8 Å². The number of rotatable bonds is 5. The number of para-hydroxylation sites is 1. The molecule has 0 spiro atoms. The van der Waals surface area contributed by atoms with Gasteiger partial charge in [0, 0.05) is 12.2 Å². The van der Waals surface area contributed by atoms with Crippen molar-refractivity contribution in [1.82, 2.24) is 0 Å². The molecule has 0 amide bonds. The van der Waals surface area contributed by atoms with E-state index in [9.17, 15) is 5.11 Å². The average Bonchev–Trinajstić information content (AvgIpc) is 2.51. The summed E-state index contributed by atoms with van der Waals surface area (Å²) in [5.41, 5.74) is 6.56. The number of phenolic OH excluding ortho intramolecular Hbond substituents is 1. The Labute approximate surface area is 159 Å². The Bertz CT molecular complexity index is 713. The van der Waals surface area contributed by atoms with E-state index in [4.69, 9.17) is 0 Å². The van der Waals surface area contributed by atoms with Crippen LogP contribution in [0.3, 0.4) is 0 Å². The van der Waals surface area contributed by atoms with Crippen molar-refractivity contribution in [3.63, 3.8) is 0 Å². The normalized spacial score (nSPS) is 12.3. The molecule has 0 aromatic heterocycles. The molecule has 142 valence electrons. The number of phenols is 1. The first-order chi connectivity index (χ1) is 12.0. The average molecular weight is 354 g/mol. The second-order valence-corrected chi connectivity index (χ2v) is 9.39. The van der Waals surface area contributed by atoms with Crippen LogP contribution in [-0.4, -0.2) is 11.7 Å². The molecule has 2 aromatic rings. The van der Waals surface area contributed by atoms with Gasteiger partial charge in [0.1, 0.15) is 5.75 Å². The van der Waals surface area contributed by atoms with Crippen LogP contribution in [0.1, 0.15) is 70.2 Å². The highest BCUT2D eigenvalue weighted by molar-refractivity contribution is 5.63. The lowest BCUT2D eigenvalue weighted by Crippen LogP contribution is -2.22. The van der Waals surface area contributed by atoms with Crippen LogP contribution in [0.2, 0.25) is 0 Å². The zero-order valence-corrected chi connectivity index (χ0v) is 17.5. The molecule has 26 heavy (non-hydrogen) atoms. The van der Waals surface area contributed by atoms with E-state index in [1.807, 2.05) is 18.2 Å². The Morgan fingerprint density at radius 1 is 0.885 bits per heavy atom. The van der Waals surface area contributed by atoms with Crippen molar-refractivity contribution in [1.29, 1.82) is 0 Å². The first-order valence-corrected chi connectivity index (χ1v) is 9.66. The minimum atomic E-state index is 0.0893. The highest BCUT2D eigenvalue weighted by Gasteiger charge is 2.25. The largest absolute Gasteiger partial charge is 0.508 e. The van der Waals surface area contributed by atoms with Crippen molar-refractivity contribution in [3.05, 3.63) is 58.7 Å². The third-order valence-corrected chi connectivity index (χ3v) is 4.82. The summed E-state index contributed by atoms with van der Waals surface area (Å²) >= 11 is 0. The van der Waals surface area contributed by atoms with Gasteiger partial charge in [0.05, 0.1) is 0 Å². The highest BCUT2D eigenvalue weighted by Crippen LogP contribution is 2.39. The van der Waals surface area contributed by atoms with Crippen molar-refractivity contribution in [2.24, 2.45) is 0 Å². The monoisotopic (exact) mass is 353 g/mol. The van der Waals surface area contributed by atoms with Crippen molar-refractivity contribution >= 4 is 5.69 Å². The Morgan fingerprint density at radius 2 is 1.42 bits per heavy atom. The van der Waals surface area contributed by atoms with Crippen LogP contribution in [0, 0.1) is 6.92 Å². The van der Waals surface area contributed by atoms with Gasteiger partial charge < -0.3 is 10.4 Å². The van der Waals surface area contributed by atoms with Gasteiger partial charge in [-0.15, -0.1) is 0 Å². The van der Waals surface area contributed by atoms with Gasteiger partial charge in [0.15, 0.2) is 0 Å². The topological polar surface area (TPSA) is 32.3 Å². The van der Waals surface area contributed by atoms with Gasteiger partial charge in [-0.3, -0.25) is 0 Å². The first kappa shape index (κ1) is 20.4. The summed E-state index contributed by atoms with van der Waals surface area (Å²) in [6.45, 7) is 16.8. The molecule has 0 saturated heterocycles. The maximum atomic E-state index is 9.94. The van der Waals surface area contributed by atoms with E-state index < -0.39 is 0 Å². The molecule has 0 saturated carbocycles. The van der Waals surface area contributed by atoms with Crippen molar-refractivity contribution in [2.75, 3.05) is 11.9 Å². The standard InChI is InChI=1S/C24H35NO/c1-17-15-19(23(2,3)4)22(20(16-17)24(5,6)7)25-14-10-12-18-11-8-9-13-21(18)26/h8-9,11,13,15-16,25-26H,10,12,14H2,1-7H3.